The van der Waals surface area contributed by atoms with E-state index in [1.165, 1.54) is 14.2 Å². The van der Waals surface area contributed by atoms with Gasteiger partial charge in [0.05, 0.1) is 30.9 Å². The minimum atomic E-state index is 0.455. The topological polar surface area (TPSA) is 42.2 Å². The summed E-state index contributed by atoms with van der Waals surface area (Å²) in [5.74, 6) is 0.964. The van der Waals surface area contributed by atoms with Crippen molar-refractivity contribution in [2.45, 2.75) is 13.3 Å². The number of methoxy groups -OCH3 is 2. The van der Waals surface area contributed by atoms with Crippen molar-refractivity contribution in [1.82, 2.24) is 0 Å². The molecule has 0 bridgehead atoms. The number of hydrogen-bond donors (Lipinski definition) is 0. The highest BCUT2D eigenvalue weighted by molar-refractivity contribution is 6.33. The molecule has 0 saturated carbocycles. The largest absolute Gasteiger partial charge is 0.493 e. The van der Waals surface area contributed by atoms with Crippen LogP contribution in [0.5, 0.6) is 11.5 Å². The average Bonchev–Trinajstić information content (AvgIpc) is 2.27. The van der Waals surface area contributed by atoms with E-state index in [1.807, 2.05) is 6.92 Å². The fraction of sp³-hybridized carbons (Fsp3) is 0.364. The van der Waals surface area contributed by atoms with Crippen molar-refractivity contribution in [2.75, 3.05) is 14.2 Å². The number of hydrogen-bond acceptors (Lipinski definition) is 3. The van der Waals surface area contributed by atoms with Crippen LogP contribution in [0.25, 0.3) is 0 Å². The number of halogens is 1. The third-order valence-corrected chi connectivity index (χ3v) is 2.59. The van der Waals surface area contributed by atoms with Crippen LogP contribution < -0.4 is 9.47 Å². The number of ether oxygens (including phenoxy) is 2. The van der Waals surface area contributed by atoms with E-state index >= 15 is 0 Å². The van der Waals surface area contributed by atoms with Crippen molar-refractivity contribution in [3.05, 3.63) is 22.2 Å². The SMILES string of the molecule is CCc1c(C#N)cc(OC)c(OC)c1Cl. The summed E-state index contributed by atoms with van der Waals surface area (Å²) in [6.45, 7) is 1.94. The molecule has 0 aliphatic rings. The Hall–Kier alpha value is -1.40. The lowest BCUT2D eigenvalue weighted by Gasteiger charge is -2.13. The first-order valence-electron chi connectivity index (χ1n) is 4.53. The van der Waals surface area contributed by atoms with Gasteiger partial charge in [0.25, 0.3) is 0 Å². The zero-order valence-corrected chi connectivity index (χ0v) is 9.68. The number of benzene rings is 1. The zero-order valence-electron chi connectivity index (χ0n) is 8.93. The Morgan fingerprint density at radius 1 is 1.40 bits per heavy atom. The second kappa shape index (κ2) is 4.90. The van der Waals surface area contributed by atoms with E-state index < -0.39 is 0 Å². The summed E-state index contributed by atoms with van der Waals surface area (Å²) >= 11 is 6.12. The molecule has 0 radical (unpaired) electrons. The van der Waals surface area contributed by atoms with Crippen LogP contribution >= 0.6 is 11.6 Å². The molecule has 1 aromatic rings. The zero-order chi connectivity index (χ0) is 11.4. The maximum atomic E-state index is 8.95. The van der Waals surface area contributed by atoms with Crippen LogP contribution in [-0.4, -0.2) is 14.2 Å². The van der Waals surface area contributed by atoms with Gasteiger partial charge in [-0.3, -0.25) is 0 Å². The molecule has 0 amide bonds. The Morgan fingerprint density at radius 2 is 2.07 bits per heavy atom. The van der Waals surface area contributed by atoms with Gasteiger partial charge in [-0.25, -0.2) is 0 Å². The number of nitriles is 1. The third kappa shape index (κ3) is 2.00. The van der Waals surface area contributed by atoms with Gasteiger partial charge in [-0.1, -0.05) is 18.5 Å². The molecule has 4 heteroatoms. The third-order valence-electron chi connectivity index (χ3n) is 2.19. The first-order chi connectivity index (χ1) is 7.19. The van der Waals surface area contributed by atoms with E-state index in [1.54, 1.807) is 6.07 Å². The minimum absolute atomic E-state index is 0.455. The van der Waals surface area contributed by atoms with E-state index in [0.717, 1.165) is 5.56 Å². The van der Waals surface area contributed by atoms with Gasteiger partial charge in [0.15, 0.2) is 11.5 Å². The molecule has 80 valence electrons. The lowest BCUT2D eigenvalue weighted by atomic mass is 10.0. The first kappa shape index (κ1) is 11.7. The number of rotatable bonds is 3. The van der Waals surface area contributed by atoms with E-state index in [0.29, 0.717) is 28.5 Å². The Balaban J connectivity index is 3.50. The lowest BCUT2D eigenvalue weighted by Crippen LogP contribution is -1.97. The molecule has 1 rings (SSSR count). The monoisotopic (exact) mass is 225 g/mol. The first-order valence-corrected chi connectivity index (χ1v) is 4.90. The molecule has 0 atom stereocenters. The van der Waals surface area contributed by atoms with E-state index in [9.17, 15) is 0 Å². The van der Waals surface area contributed by atoms with Crippen molar-refractivity contribution >= 4 is 11.6 Å². The second-order valence-corrected chi connectivity index (χ2v) is 3.30. The molecule has 3 nitrogen and oxygen atoms in total. The predicted octanol–water partition coefficient (Wildman–Crippen LogP) is 2.79. The van der Waals surface area contributed by atoms with Gasteiger partial charge in [0, 0.05) is 6.07 Å². The summed E-state index contributed by atoms with van der Waals surface area (Å²) < 4.78 is 10.2. The van der Waals surface area contributed by atoms with Crippen molar-refractivity contribution in [1.29, 1.82) is 5.26 Å². The second-order valence-electron chi connectivity index (χ2n) is 2.92. The molecule has 0 spiro atoms. The van der Waals surface area contributed by atoms with Gasteiger partial charge in [0.1, 0.15) is 0 Å². The molecular formula is C11H12ClNO2. The van der Waals surface area contributed by atoms with Crippen molar-refractivity contribution in [3.8, 4) is 17.6 Å². The molecule has 0 saturated heterocycles. The van der Waals surface area contributed by atoms with E-state index in [4.69, 9.17) is 26.3 Å². The molecule has 15 heavy (non-hydrogen) atoms. The quantitative estimate of drug-likeness (QED) is 0.795. The van der Waals surface area contributed by atoms with Crippen LogP contribution in [0.2, 0.25) is 5.02 Å². The van der Waals surface area contributed by atoms with Crippen LogP contribution in [0.15, 0.2) is 6.07 Å². The van der Waals surface area contributed by atoms with E-state index in [-0.39, 0.29) is 0 Å². The maximum absolute atomic E-state index is 8.95. The van der Waals surface area contributed by atoms with Gasteiger partial charge in [-0.15, -0.1) is 0 Å². The Kier molecular flexibility index (Phi) is 3.81. The molecule has 0 unspecified atom stereocenters. The normalized spacial score (nSPS) is 9.53. The minimum Gasteiger partial charge on any atom is -0.493 e. The molecular weight excluding hydrogens is 214 g/mol. The van der Waals surface area contributed by atoms with Crippen molar-refractivity contribution in [2.24, 2.45) is 0 Å². The molecule has 0 aliphatic heterocycles. The van der Waals surface area contributed by atoms with Crippen molar-refractivity contribution in [3.63, 3.8) is 0 Å². The van der Waals surface area contributed by atoms with Crippen LogP contribution in [0.3, 0.4) is 0 Å². The van der Waals surface area contributed by atoms with Crippen LogP contribution in [-0.2, 0) is 6.42 Å². The Labute approximate surface area is 94.2 Å². The summed E-state index contributed by atoms with van der Waals surface area (Å²) in [5, 5.41) is 9.41. The molecule has 0 fully saturated rings. The van der Waals surface area contributed by atoms with Crippen molar-refractivity contribution < 1.29 is 9.47 Å². The Bertz CT molecular complexity index is 410. The van der Waals surface area contributed by atoms with Gasteiger partial charge < -0.3 is 9.47 Å². The van der Waals surface area contributed by atoms with Gasteiger partial charge in [0.2, 0.25) is 0 Å². The summed E-state index contributed by atoms with van der Waals surface area (Å²) in [6.07, 6.45) is 0.683. The summed E-state index contributed by atoms with van der Waals surface area (Å²) in [5.41, 5.74) is 1.32. The molecule has 0 aliphatic carbocycles. The van der Waals surface area contributed by atoms with E-state index in [2.05, 4.69) is 6.07 Å². The highest BCUT2D eigenvalue weighted by atomic mass is 35.5. The molecule has 1 aromatic carbocycles. The fourth-order valence-corrected chi connectivity index (χ4v) is 1.84. The number of nitrogens with zero attached hydrogens (tertiary/aromatic N) is 1. The highest BCUT2D eigenvalue weighted by Gasteiger charge is 2.16. The van der Waals surface area contributed by atoms with Crippen LogP contribution in [0, 0.1) is 11.3 Å². The van der Waals surface area contributed by atoms with Crippen LogP contribution in [0.1, 0.15) is 18.1 Å². The maximum Gasteiger partial charge on any atom is 0.179 e. The highest BCUT2D eigenvalue weighted by Crippen LogP contribution is 2.39. The average molecular weight is 226 g/mol. The Morgan fingerprint density at radius 3 is 2.47 bits per heavy atom. The summed E-state index contributed by atoms with van der Waals surface area (Å²) in [7, 11) is 3.04. The van der Waals surface area contributed by atoms with Gasteiger partial charge >= 0.3 is 0 Å². The van der Waals surface area contributed by atoms with Gasteiger partial charge in [-0.2, -0.15) is 5.26 Å². The summed E-state index contributed by atoms with van der Waals surface area (Å²) in [4.78, 5) is 0. The van der Waals surface area contributed by atoms with Gasteiger partial charge in [-0.05, 0) is 12.0 Å². The standard InChI is InChI=1S/C11H12ClNO2/c1-4-8-7(6-13)5-9(14-2)11(15-3)10(8)12/h5H,4H2,1-3H3. The van der Waals surface area contributed by atoms with Crippen LogP contribution in [0.4, 0.5) is 0 Å². The molecule has 0 aromatic heterocycles. The smallest absolute Gasteiger partial charge is 0.179 e. The lowest BCUT2D eigenvalue weighted by molar-refractivity contribution is 0.354. The fourth-order valence-electron chi connectivity index (χ4n) is 1.43. The predicted molar refractivity (Wildman–Crippen MR) is 58.6 cm³/mol. The molecule has 0 heterocycles. The molecule has 0 N–H and O–H groups in total. The summed E-state index contributed by atoms with van der Waals surface area (Å²) in [6, 6.07) is 3.74.